The van der Waals surface area contributed by atoms with Gasteiger partial charge in [0.2, 0.25) is 17.6 Å². The molecule has 4 rings (SSSR count). The van der Waals surface area contributed by atoms with Crippen LogP contribution in [0.2, 0.25) is 0 Å². The van der Waals surface area contributed by atoms with Crippen molar-refractivity contribution < 1.29 is 14.1 Å². The Hall–Kier alpha value is -2.97. The molecule has 2 aliphatic rings. The summed E-state index contributed by atoms with van der Waals surface area (Å²) in [7, 11) is 3.48. The topological polar surface area (TPSA) is 95.7 Å². The van der Waals surface area contributed by atoms with Gasteiger partial charge in [0.05, 0.1) is 17.3 Å². The van der Waals surface area contributed by atoms with E-state index in [-0.39, 0.29) is 29.4 Å². The lowest BCUT2D eigenvalue weighted by molar-refractivity contribution is -0.132. The maximum atomic E-state index is 12.9. The number of aromatic nitrogens is 3. The zero-order valence-corrected chi connectivity index (χ0v) is 17.7. The van der Waals surface area contributed by atoms with E-state index in [2.05, 4.69) is 15.0 Å². The first-order valence-electron chi connectivity index (χ1n) is 10.5. The number of aryl methyl sites for hydroxylation is 1. The van der Waals surface area contributed by atoms with Gasteiger partial charge in [0.25, 0.3) is 5.91 Å². The van der Waals surface area contributed by atoms with Gasteiger partial charge in [0.1, 0.15) is 0 Å². The number of likely N-dealkylation sites (tertiary alicyclic amines) is 1. The van der Waals surface area contributed by atoms with E-state index in [1.54, 1.807) is 43.1 Å². The number of hydrogen-bond donors (Lipinski definition) is 0. The Balaban J connectivity index is 1.61. The van der Waals surface area contributed by atoms with Crippen LogP contribution in [0.3, 0.4) is 0 Å². The summed E-state index contributed by atoms with van der Waals surface area (Å²) in [6, 6.07) is 3.48. The third-order valence-electron chi connectivity index (χ3n) is 5.89. The Morgan fingerprint density at radius 3 is 2.60 bits per heavy atom. The summed E-state index contributed by atoms with van der Waals surface area (Å²) in [4.78, 5) is 40.6. The number of piperidine rings is 1. The van der Waals surface area contributed by atoms with Crippen LogP contribution in [0.4, 0.5) is 5.95 Å². The molecule has 0 unspecified atom stereocenters. The molecular formula is C21H28N6O3. The predicted molar refractivity (Wildman–Crippen MR) is 110 cm³/mol. The molecule has 2 aliphatic heterocycles. The van der Waals surface area contributed by atoms with Crippen LogP contribution in [0.1, 0.15) is 47.1 Å². The van der Waals surface area contributed by atoms with Gasteiger partial charge in [-0.1, -0.05) is 5.16 Å². The molecule has 9 heteroatoms. The Bertz CT molecular complexity index is 921. The normalized spacial score (nSPS) is 21.7. The Kier molecular flexibility index (Phi) is 5.69. The maximum Gasteiger partial charge on any atom is 0.292 e. The zero-order chi connectivity index (χ0) is 21.3. The highest BCUT2D eigenvalue weighted by Crippen LogP contribution is 2.34. The molecule has 0 bridgehead atoms. The lowest BCUT2D eigenvalue weighted by Gasteiger charge is -2.27. The fraction of sp³-hybridized carbons (Fsp3) is 0.571. The van der Waals surface area contributed by atoms with Gasteiger partial charge in [-0.3, -0.25) is 9.59 Å². The molecule has 2 fully saturated rings. The summed E-state index contributed by atoms with van der Waals surface area (Å²) in [6.45, 7) is 4.39. The van der Waals surface area contributed by atoms with Gasteiger partial charge < -0.3 is 19.2 Å². The quantitative estimate of drug-likeness (QED) is 0.754. The van der Waals surface area contributed by atoms with E-state index in [1.807, 2.05) is 6.07 Å². The molecule has 0 radical (unpaired) electrons. The van der Waals surface area contributed by atoms with Crippen LogP contribution in [0.5, 0.6) is 0 Å². The summed E-state index contributed by atoms with van der Waals surface area (Å²) in [6.07, 6.45) is 5.26. The van der Waals surface area contributed by atoms with Crippen LogP contribution in [-0.2, 0) is 4.79 Å². The second-order valence-electron chi connectivity index (χ2n) is 8.32. The van der Waals surface area contributed by atoms with Crippen LogP contribution in [0, 0.1) is 12.8 Å². The molecule has 0 saturated carbocycles. The Morgan fingerprint density at radius 1 is 1.17 bits per heavy atom. The van der Waals surface area contributed by atoms with Gasteiger partial charge in [-0.2, -0.15) is 0 Å². The van der Waals surface area contributed by atoms with Crippen LogP contribution >= 0.6 is 0 Å². The van der Waals surface area contributed by atoms with E-state index in [0.717, 1.165) is 31.6 Å². The molecule has 160 valence electrons. The van der Waals surface area contributed by atoms with Gasteiger partial charge in [-0.05, 0) is 32.3 Å². The minimum Gasteiger partial charge on any atom is -0.351 e. The number of hydrogen-bond acceptors (Lipinski definition) is 7. The maximum absolute atomic E-state index is 12.9. The summed E-state index contributed by atoms with van der Waals surface area (Å²) in [5.74, 6) is 0.0819. The van der Waals surface area contributed by atoms with E-state index < -0.39 is 0 Å². The number of rotatable bonds is 4. The molecule has 9 nitrogen and oxygen atoms in total. The second-order valence-corrected chi connectivity index (χ2v) is 8.32. The molecular weight excluding hydrogens is 384 g/mol. The van der Waals surface area contributed by atoms with E-state index in [0.29, 0.717) is 24.7 Å². The van der Waals surface area contributed by atoms with E-state index in [1.165, 1.54) is 6.42 Å². The molecule has 0 aliphatic carbocycles. The summed E-state index contributed by atoms with van der Waals surface area (Å²) >= 11 is 0. The third kappa shape index (κ3) is 4.01. The standard InChI is InChI=1S/C21H28N6O3/c1-14-11-18(30-24-14)20(29)27-12-15(16(13-27)19(28)25(2)3)17-7-8-22-21(23-17)26-9-5-4-6-10-26/h7-8,11,15-16H,4-6,9-10,12-13H2,1-3H3/t15-,16-/m0/s1. The van der Waals surface area contributed by atoms with Crippen molar-refractivity contribution in [2.75, 3.05) is 45.2 Å². The van der Waals surface area contributed by atoms with Crippen molar-refractivity contribution in [1.82, 2.24) is 24.9 Å². The molecule has 2 atom stereocenters. The van der Waals surface area contributed by atoms with Crippen LogP contribution in [0.25, 0.3) is 0 Å². The average molecular weight is 412 g/mol. The first-order chi connectivity index (χ1) is 14.4. The highest BCUT2D eigenvalue weighted by molar-refractivity contribution is 5.92. The molecule has 2 aromatic heterocycles. The highest BCUT2D eigenvalue weighted by Gasteiger charge is 2.42. The van der Waals surface area contributed by atoms with Crippen molar-refractivity contribution in [1.29, 1.82) is 0 Å². The lowest BCUT2D eigenvalue weighted by atomic mass is 9.91. The first kappa shape index (κ1) is 20.3. The second kappa shape index (κ2) is 8.41. The lowest BCUT2D eigenvalue weighted by Crippen LogP contribution is -2.35. The van der Waals surface area contributed by atoms with Crippen molar-refractivity contribution in [3.8, 4) is 0 Å². The van der Waals surface area contributed by atoms with E-state index in [4.69, 9.17) is 9.51 Å². The molecule has 2 saturated heterocycles. The van der Waals surface area contributed by atoms with Gasteiger partial charge in [-0.25, -0.2) is 9.97 Å². The number of amides is 2. The van der Waals surface area contributed by atoms with Crippen molar-refractivity contribution in [3.05, 3.63) is 35.5 Å². The minimum atomic E-state index is -0.364. The molecule has 2 amide bonds. The molecule has 0 aromatic carbocycles. The van der Waals surface area contributed by atoms with Crippen LogP contribution in [0.15, 0.2) is 22.9 Å². The van der Waals surface area contributed by atoms with Crippen LogP contribution in [-0.4, -0.2) is 77.0 Å². The first-order valence-corrected chi connectivity index (χ1v) is 10.5. The molecule has 30 heavy (non-hydrogen) atoms. The van der Waals surface area contributed by atoms with Crippen molar-refractivity contribution in [2.45, 2.75) is 32.1 Å². The van der Waals surface area contributed by atoms with Crippen molar-refractivity contribution in [2.24, 2.45) is 5.92 Å². The fourth-order valence-corrected chi connectivity index (χ4v) is 4.29. The molecule has 2 aromatic rings. The minimum absolute atomic E-state index is 0.0119. The van der Waals surface area contributed by atoms with E-state index >= 15 is 0 Å². The number of anilines is 1. The van der Waals surface area contributed by atoms with E-state index in [9.17, 15) is 9.59 Å². The highest BCUT2D eigenvalue weighted by atomic mass is 16.5. The van der Waals surface area contributed by atoms with Gasteiger partial charge in [0.15, 0.2) is 0 Å². The number of carbonyl (C=O) groups is 2. The largest absolute Gasteiger partial charge is 0.351 e. The fourth-order valence-electron chi connectivity index (χ4n) is 4.29. The van der Waals surface area contributed by atoms with Crippen molar-refractivity contribution >= 4 is 17.8 Å². The monoisotopic (exact) mass is 412 g/mol. The van der Waals surface area contributed by atoms with Gasteiger partial charge >= 0.3 is 0 Å². The molecule has 0 N–H and O–H groups in total. The third-order valence-corrected chi connectivity index (χ3v) is 5.89. The average Bonchev–Trinajstić information content (AvgIpc) is 3.40. The summed E-state index contributed by atoms with van der Waals surface area (Å²) in [5.41, 5.74) is 1.45. The SMILES string of the molecule is Cc1cc(C(=O)N2C[C@H](C(=O)N(C)C)[C@@H](c3ccnc(N4CCCCC4)n3)C2)on1. The summed E-state index contributed by atoms with van der Waals surface area (Å²) < 4.78 is 5.15. The van der Waals surface area contributed by atoms with Gasteiger partial charge in [-0.15, -0.1) is 0 Å². The van der Waals surface area contributed by atoms with Gasteiger partial charge in [0, 0.05) is 58.5 Å². The number of carbonyl (C=O) groups excluding carboxylic acids is 2. The number of nitrogens with zero attached hydrogens (tertiary/aromatic N) is 6. The Labute approximate surface area is 176 Å². The molecule has 4 heterocycles. The Morgan fingerprint density at radius 2 is 1.93 bits per heavy atom. The summed E-state index contributed by atoms with van der Waals surface area (Å²) in [5, 5.41) is 3.81. The van der Waals surface area contributed by atoms with Crippen molar-refractivity contribution in [3.63, 3.8) is 0 Å². The predicted octanol–water partition coefficient (Wildman–Crippen LogP) is 1.71. The zero-order valence-electron chi connectivity index (χ0n) is 17.7. The molecule has 0 spiro atoms. The smallest absolute Gasteiger partial charge is 0.292 e. The van der Waals surface area contributed by atoms with Crippen LogP contribution < -0.4 is 4.90 Å².